The number of nitrogens with zero attached hydrogens (tertiary/aromatic N) is 6. The smallest absolute Gasteiger partial charge is 0.165 e. The Bertz CT molecular complexity index is 1150. The number of hydrogen-bond donors (Lipinski definition) is 1. The van der Waals surface area contributed by atoms with Crippen LogP contribution in [0.3, 0.4) is 0 Å². The predicted molar refractivity (Wildman–Crippen MR) is 107 cm³/mol. The third kappa shape index (κ3) is 2.54. The van der Waals surface area contributed by atoms with Crippen LogP contribution in [0.2, 0.25) is 0 Å². The number of aliphatic imine (C=N–C) groups is 2. The number of amidine groups is 1. The van der Waals surface area contributed by atoms with E-state index in [0.717, 1.165) is 52.3 Å². The highest BCUT2D eigenvalue weighted by atomic mass is 15.6. The van der Waals surface area contributed by atoms with Crippen molar-refractivity contribution in [2.24, 2.45) is 9.98 Å². The molecule has 0 fully saturated rings. The summed E-state index contributed by atoms with van der Waals surface area (Å²) in [6, 6.07) is 6.08. The molecule has 1 atom stereocenters. The molecule has 0 spiro atoms. The fraction of sp³-hybridized carbons (Fsp3) is 0.300. The van der Waals surface area contributed by atoms with E-state index >= 15 is 0 Å². The number of fused-ring (bicyclic) bond motifs is 4. The summed E-state index contributed by atoms with van der Waals surface area (Å²) in [5.41, 5.74) is 9.69. The van der Waals surface area contributed by atoms with E-state index in [4.69, 9.17) is 9.98 Å². The molecule has 136 valence electrons. The number of hydrazine groups is 1. The van der Waals surface area contributed by atoms with E-state index in [1.54, 1.807) is 0 Å². The fourth-order valence-corrected chi connectivity index (χ4v) is 3.73. The highest BCUT2D eigenvalue weighted by Gasteiger charge is 2.29. The zero-order valence-electron chi connectivity index (χ0n) is 15.6. The van der Waals surface area contributed by atoms with Gasteiger partial charge in [0.2, 0.25) is 0 Å². The molecule has 0 saturated heterocycles. The van der Waals surface area contributed by atoms with Gasteiger partial charge in [0.1, 0.15) is 11.8 Å². The summed E-state index contributed by atoms with van der Waals surface area (Å²) in [4.78, 5) is 18.6. The zero-order chi connectivity index (χ0) is 18.5. The van der Waals surface area contributed by atoms with E-state index in [1.807, 2.05) is 43.4 Å². The SMILES string of the molecule is CC1=CN=C(C)C2=NC(CCc3nc4c5cccnc5ccn4c3C)NN12. The first-order chi connectivity index (χ1) is 13.1. The van der Waals surface area contributed by atoms with Crippen LogP contribution in [0.5, 0.6) is 0 Å². The van der Waals surface area contributed by atoms with Gasteiger partial charge in [-0.3, -0.25) is 15.0 Å². The lowest BCUT2D eigenvalue weighted by Crippen LogP contribution is -2.42. The van der Waals surface area contributed by atoms with E-state index in [2.05, 4.69) is 39.0 Å². The molecule has 0 bridgehead atoms. The number of aromatic nitrogens is 3. The van der Waals surface area contributed by atoms with E-state index in [9.17, 15) is 0 Å². The number of pyridine rings is 2. The van der Waals surface area contributed by atoms with E-state index in [0.29, 0.717) is 0 Å². The maximum atomic E-state index is 4.92. The van der Waals surface area contributed by atoms with Gasteiger partial charge in [0.05, 0.1) is 22.6 Å². The quantitative estimate of drug-likeness (QED) is 0.780. The minimum atomic E-state index is 0.0363. The average molecular weight is 359 g/mol. The number of hydrogen-bond acceptors (Lipinski definition) is 6. The largest absolute Gasteiger partial charge is 0.303 e. The van der Waals surface area contributed by atoms with Gasteiger partial charge in [-0.1, -0.05) is 0 Å². The van der Waals surface area contributed by atoms with Crippen molar-refractivity contribution in [3.8, 4) is 0 Å². The lowest BCUT2D eigenvalue weighted by atomic mass is 10.2. The number of imidazole rings is 1. The summed E-state index contributed by atoms with van der Waals surface area (Å²) in [7, 11) is 0. The van der Waals surface area contributed by atoms with Crippen molar-refractivity contribution in [2.45, 2.75) is 39.8 Å². The molecule has 27 heavy (non-hydrogen) atoms. The fourth-order valence-electron chi connectivity index (χ4n) is 3.73. The van der Waals surface area contributed by atoms with E-state index < -0.39 is 0 Å². The Kier molecular flexibility index (Phi) is 3.58. The predicted octanol–water partition coefficient (Wildman–Crippen LogP) is 3.00. The topological polar surface area (TPSA) is 70.2 Å². The van der Waals surface area contributed by atoms with Crippen LogP contribution in [0, 0.1) is 6.92 Å². The second kappa shape index (κ2) is 5.99. The molecule has 3 aromatic rings. The third-order valence-electron chi connectivity index (χ3n) is 5.25. The molecule has 7 nitrogen and oxygen atoms in total. The van der Waals surface area contributed by atoms with Crippen molar-refractivity contribution in [3.05, 3.63) is 53.9 Å². The molecule has 7 heteroatoms. The molecule has 2 aliphatic heterocycles. The number of aryl methyl sites for hydroxylation is 2. The van der Waals surface area contributed by atoms with Gasteiger partial charge < -0.3 is 4.40 Å². The van der Waals surface area contributed by atoms with Crippen molar-refractivity contribution in [1.29, 1.82) is 0 Å². The number of allylic oxidation sites excluding steroid dienone is 1. The van der Waals surface area contributed by atoms with Crippen molar-refractivity contribution in [3.63, 3.8) is 0 Å². The lowest BCUT2D eigenvalue weighted by molar-refractivity contribution is 0.345. The second-order valence-corrected chi connectivity index (χ2v) is 7.05. The molecule has 3 aromatic heterocycles. The molecule has 0 radical (unpaired) electrons. The van der Waals surface area contributed by atoms with Crippen molar-refractivity contribution in [1.82, 2.24) is 24.8 Å². The van der Waals surface area contributed by atoms with E-state index in [1.165, 1.54) is 5.69 Å². The summed E-state index contributed by atoms with van der Waals surface area (Å²) < 4.78 is 2.15. The van der Waals surface area contributed by atoms with Crippen molar-refractivity contribution >= 4 is 28.1 Å². The van der Waals surface area contributed by atoms with Gasteiger partial charge in [-0.2, -0.15) is 0 Å². The molecular weight excluding hydrogens is 338 g/mol. The lowest BCUT2D eigenvalue weighted by Gasteiger charge is -2.24. The van der Waals surface area contributed by atoms with Gasteiger partial charge in [-0.25, -0.2) is 15.4 Å². The molecule has 1 unspecified atom stereocenters. The van der Waals surface area contributed by atoms with Gasteiger partial charge in [-0.15, -0.1) is 0 Å². The Morgan fingerprint density at radius 2 is 2.07 bits per heavy atom. The van der Waals surface area contributed by atoms with Gasteiger partial charge in [-0.05, 0) is 51.8 Å². The van der Waals surface area contributed by atoms with Gasteiger partial charge in [0.25, 0.3) is 0 Å². The molecule has 5 rings (SSSR count). The maximum absolute atomic E-state index is 4.92. The first-order valence-corrected chi connectivity index (χ1v) is 9.19. The third-order valence-corrected chi connectivity index (χ3v) is 5.25. The Morgan fingerprint density at radius 1 is 1.19 bits per heavy atom. The summed E-state index contributed by atoms with van der Waals surface area (Å²) in [6.07, 6.45) is 7.51. The Labute approximate surface area is 157 Å². The molecule has 0 aliphatic carbocycles. The highest BCUT2D eigenvalue weighted by Crippen LogP contribution is 2.23. The van der Waals surface area contributed by atoms with Gasteiger partial charge in [0, 0.05) is 29.7 Å². The second-order valence-electron chi connectivity index (χ2n) is 7.05. The monoisotopic (exact) mass is 359 g/mol. The molecule has 0 saturated carbocycles. The molecule has 0 amide bonds. The van der Waals surface area contributed by atoms with Crippen LogP contribution in [0.25, 0.3) is 16.6 Å². The summed E-state index contributed by atoms with van der Waals surface area (Å²) in [5.74, 6) is 0.920. The van der Waals surface area contributed by atoms with Crippen LogP contribution in [-0.2, 0) is 6.42 Å². The Morgan fingerprint density at radius 3 is 2.93 bits per heavy atom. The zero-order valence-corrected chi connectivity index (χ0v) is 15.6. The van der Waals surface area contributed by atoms with Crippen LogP contribution in [-0.4, -0.2) is 37.1 Å². The first kappa shape index (κ1) is 16.1. The van der Waals surface area contributed by atoms with Gasteiger partial charge in [0.15, 0.2) is 5.84 Å². The standard InChI is InChI=1S/C20H21N7/c1-12-11-22-13(2)19-24-18(25-27(12)19)7-6-16-14(3)26-10-8-17-15(20(26)23-16)5-4-9-21-17/h4-5,8-11,18,25H,6-7H2,1-3H3. The number of rotatable bonds is 3. The molecule has 2 aliphatic rings. The van der Waals surface area contributed by atoms with Gasteiger partial charge >= 0.3 is 0 Å². The van der Waals surface area contributed by atoms with Crippen LogP contribution in [0.4, 0.5) is 0 Å². The minimum absolute atomic E-state index is 0.0363. The molecular formula is C20H21N7. The van der Waals surface area contributed by atoms with E-state index in [-0.39, 0.29) is 6.17 Å². The van der Waals surface area contributed by atoms with Crippen LogP contribution in [0.15, 0.2) is 52.5 Å². The minimum Gasteiger partial charge on any atom is -0.303 e. The molecule has 1 N–H and O–H groups in total. The summed E-state index contributed by atoms with van der Waals surface area (Å²) in [5, 5.41) is 3.11. The van der Waals surface area contributed by atoms with Crippen molar-refractivity contribution in [2.75, 3.05) is 0 Å². The average Bonchev–Trinajstić information content (AvgIpc) is 3.26. The normalized spacial score (nSPS) is 19.3. The van der Waals surface area contributed by atoms with Crippen LogP contribution < -0.4 is 5.43 Å². The van der Waals surface area contributed by atoms with Crippen LogP contribution in [0.1, 0.15) is 31.7 Å². The van der Waals surface area contributed by atoms with Crippen LogP contribution >= 0.6 is 0 Å². The highest BCUT2D eigenvalue weighted by molar-refractivity contribution is 6.41. The number of nitrogens with one attached hydrogen (secondary N) is 1. The molecule has 5 heterocycles. The maximum Gasteiger partial charge on any atom is 0.165 e. The van der Waals surface area contributed by atoms with Crippen molar-refractivity contribution < 1.29 is 0 Å². The summed E-state index contributed by atoms with van der Waals surface area (Å²) in [6.45, 7) is 6.15. The summed E-state index contributed by atoms with van der Waals surface area (Å²) >= 11 is 0. The first-order valence-electron chi connectivity index (χ1n) is 9.19. The molecule has 0 aromatic carbocycles. The Hall–Kier alpha value is -3.06. The Balaban J connectivity index is 1.41.